The minimum absolute atomic E-state index is 0.657. The van der Waals surface area contributed by atoms with E-state index in [1.165, 1.54) is 32.2 Å². The van der Waals surface area contributed by atoms with E-state index >= 15 is 0 Å². The van der Waals surface area contributed by atoms with E-state index in [4.69, 9.17) is 0 Å². The second-order valence-electron chi connectivity index (χ2n) is 4.45. The zero-order valence-corrected chi connectivity index (χ0v) is 10.6. The molecule has 0 fully saturated rings. The van der Waals surface area contributed by atoms with E-state index in [0.717, 1.165) is 6.04 Å². The summed E-state index contributed by atoms with van der Waals surface area (Å²) < 4.78 is 0. The second kappa shape index (κ2) is 8.25. The molecule has 0 aliphatic heterocycles. The highest BCUT2D eigenvalue weighted by Crippen LogP contribution is 2.06. The Morgan fingerprint density at radius 3 is 2.36 bits per heavy atom. The molecule has 0 aliphatic rings. The summed E-state index contributed by atoms with van der Waals surface area (Å²) in [6, 6.07) is 1.40. The quantitative estimate of drug-likeness (QED) is 0.647. The van der Waals surface area contributed by atoms with Crippen LogP contribution in [0.3, 0.4) is 0 Å². The van der Waals surface area contributed by atoms with Crippen LogP contribution in [0, 0.1) is 0 Å². The topological polar surface area (TPSA) is 15.3 Å². The Hall–Kier alpha value is -0.0800. The molecule has 2 atom stereocenters. The first-order chi connectivity index (χ1) is 6.61. The summed E-state index contributed by atoms with van der Waals surface area (Å²) >= 11 is 0. The fourth-order valence-electron chi connectivity index (χ4n) is 1.65. The van der Waals surface area contributed by atoms with Gasteiger partial charge in [-0.05, 0) is 53.8 Å². The van der Waals surface area contributed by atoms with Crippen LogP contribution in [0.25, 0.3) is 0 Å². The molecule has 0 spiro atoms. The van der Waals surface area contributed by atoms with Crippen LogP contribution >= 0.6 is 0 Å². The first-order valence-corrected chi connectivity index (χ1v) is 5.99. The lowest BCUT2D eigenvalue weighted by molar-refractivity contribution is 0.237. The highest BCUT2D eigenvalue weighted by Gasteiger charge is 2.07. The molecule has 2 heteroatoms. The third-order valence-corrected chi connectivity index (χ3v) is 3.10. The highest BCUT2D eigenvalue weighted by molar-refractivity contribution is 4.64. The van der Waals surface area contributed by atoms with Gasteiger partial charge in [0.25, 0.3) is 0 Å². The van der Waals surface area contributed by atoms with E-state index in [2.05, 4.69) is 38.0 Å². The standard InChI is InChI=1S/C12H28N2/c1-6-8-12(3)14(5)10-7-9-11(2)13-4/h11-13H,6-10H2,1-5H3. The molecule has 0 heterocycles. The van der Waals surface area contributed by atoms with Gasteiger partial charge < -0.3 is 10.2 Å². The Labute approximate surface area is 90.1 Å². The number of nitrogens with one attached hydrogen (secondary N) is 1. The van der Waals surface area contributed by atoms with Crippen molar-refractivity contribution in [3.63, 3.8) is 0 Å². The molecule has 0 saturated carbocycles. The zero-order chi connectivity index (χ0) is 11.0. The van der Waals surface area contributed by atoms with Gasteiger partial charge in [0.15, 0.2) is 0 Å². The Morgan fingerprint density at radius 2 is 1.86 bits per heavy atom. The molecule has 2 unspecified atom stereocenters. The van der Waals surface area contributed by atoms with Gasteiger partial charge in [0.05, 0.1) is 0 Å². The first kappa shape index (κ1) is 13.9. The van der Waals surface area contributed by atoms with Gasteiger partial charge in [-0.3, -0.25) is 0 Å². The Balaban J connectivity index is 3.47. The number of nitrogens with zero attached hydrogens (tertiary/aromatic N) is 1. The number of rotatable bonds is 8. The Kier molecular flexibility index (Phi) is 8.20. The largest absolute Gasteiger partial charge is 0.317 e. The predicted molar refractivity (Wildman–Crippen MR) is 64.8 cm³/mol. The molecule has 0 aromatic carbocycles. The molecule has 86 valence electrons. The van der Waals surface area contributed by atoms with Gasteiger partial charge in [0.1, 0.15) is 0 Å². The van der Waals surface area contributed by atoms with E-state index < -0.39 is 0 Å². The summed E-state index contributed by atoms with van der Waals surface area (Å²) in [6.07, 6.45) is 5.18. The van der Waals surface area contributed by atoms with Crippen LogP contribution in [-0.4, -0.2) is 37.6 Å². The van der Waals surface area contributed by atoms with Crippen molar-refractivity contribution >= 4 is 0 Å². The lowest BCUT2D eigenvalue weighted by Gasteiger charge is -2.24. The minimum Gasteiger partial charge on any atom is -0.317 e. The van der Waals surface area contributed by atoms with Crippen LogP contribution in [0.4, 0.5) is 0 Å². The summed E-state index contributed by atoms with van der Waals surface area (Å²) in [5, 5.41) is 3.27. The summed E-state index contributed by atoms with van der Waals surface area (Å²) in [6.45, 7) is 8.06. The highest BCUT2D eigenvalue weighted by atomic mass is 15.1. The molecule has 2 nitrogen and oxygen atoms in total. The third kappa shape index (κ3) is 6.39. The van der Waals surface area contributed by atoms with Gasteiger partial charge in [-0.2, -0.15) is 0 Å². The van der Waals surface area contributed by atoms with Crippen molar-refractivity contribution in [2.45, 2.75) is 58.5 Å². The number of hydrogen-bond donors (Lipinski definition) is 1. The van der Waals surface area contributed by atoms with Crippen LogP contribution in [-0.2, 0) is 0 Å². The normalized spacial score (nSPS) is 15.9. The Bertz CT molecular complexity index is 125. The Morgan fingerprint density at radius 1 is 1.21 bits per heavy atom. The van der Waals surface area contributed by atoms with E-state index in [1.54, 1.807) is 0 Å². The molecular weight excluding hydrogens is 172 g/mol. The van der Waals surface area contributed by atoms with Gasteiger partial charge in [-0.15, -0.1) is 0 Å². The van der Waals surface area contributed by atoms with Crippen molar-refractivity contribution in [3.8, 4) is 0 Å². The smallest absolute Gasteiger partial charge is 0.00637 e. The minimum atomic E-state index is 0.657. The summed E-state index contributed by atoms with van der Waals surface area (Å²) in [5.74, 6) is 0. The maximum atomic E-state index is 3.27. The molecule has 0 rings (SSSR count). The number of hydrogen-bond acceptors (Lipinski definition) is 2. The molecule has 0 aromatic heterocycles. The summed E-state index contributed by atoms with van der Waals surface area (Å²) in [4.78, 5) is 2.48. The molecule has 0 amide bonds. The van der Waals surface area contributed by atoms with Crippen molar-refractivity contribution in [1.82, 2.24) is 10.2 Å². The van der Waals surface area contributed by atoms with Crippen LogP contribution in [0.15, 0.2) is 0 Å². The summed E-state index contributed by atoms with van der Waals surface area (Å²) in [7, 11) is 4.28. The maximum Gasteiger partial charge on any atom is 0.00637 e. The van der Waals surface area contributed by atoms with Crippen molar-refractivity contribution < 1.29 is 0 Å². The average molecular weight is 200 g/mol. The van der Waals surface area contributed by atoms with Crippen molar-refractivity contribution in [1.29, 1.82) is 0 Å². The van der Waals surface area contributed by atoms with Crippen LogP contribution in [0.5, 0.6) is 0 Å². The van der Waals surface area contributed by atoms with Gasteiger partial charge in [-0.25, -0.2) is 0 Å². The molecule has 0 radical (unpaired) electrons. The predicted octanol–water partition coefficient (Wildman–Crippen LogP) is 2.49. The second-order valence-corrected chi connectivity index (χ2v) is 4.45. The van der Waals surface area contributed by atoms with Gasteiger partial charge in [0.2, 0.25) is 0 Å². The fourth-order valence-corrected chi connectivity index (χ4v) is 1.65. The lowest BCUT2D eigenvalue weighted by Crippen LogP contribution is -2.31. The van der Waals surface area contributed by atoms with E-state index in [-0.39, 0.29) is 0 Å². The summed E-state index contributed by atoms with van der Waals surface area (Å²) in [5.41, 5.74) is 0. The van der Waals surface area contributed by atoms with Crippen LogP contribution in [0.2, 0.25) is 0 Å². The van der Waals surface area contributed by atoms with Gasteiger partial charge in [0, 0.05) is 12.1 Å². The maximum absolute atomic E-state index is 3.27. The van der Waals surface area contributed by atoms with E-state index in [0.29, 0.717) is 6.04 Å². The molecule has 0 aliphatic carbocycles. The zero-order valence-electron chi connectivity index (χ0n) is 10.6. The lowest BCUT2D eigenvalue weighted by atomic mass is 10.1. The molecule has 14 heavy (non-hydrogen) atoms. The molecule has 0 saturated heterocycles. The van der Waals surface area contributed by atoms with E-state index in [9.17, 15) is 0 Å². The molecule has 0 bridgehead atoms. The third-order valence-electron chi connectivity index (χ3n) is 3.10. The van der Waals surface area contributed by atoms with E-state index in [1.807, 2.05) is 7.05 Å². The van der Waals surface area contributed by atoms with Gasteiger partial charge >= 0.3 is 0 Å². The van der Waals surface area contributed by atoms with Crippen LogP contribution in [0.1, 0.15) is 46.5 Å². The molecule has 0 aromatic rings. The monoisotopic (exact) mass is 200 g/mol. The van der Waals surface area contributed by atoms with Crippen molar-refractivity contribution in [2.75, 3.05) is 20.6 Å². The first-order valence-electron chi connectivity index (χ1n) is 5.99. The SMILES string of the molecule is CCCC(C)N(C)CCCC(C)NC. The average Bonchev–Trinajstić information content (AvgIpc) is 2.17. The van der Waals surface area contributed by atoms with Gasteiger partial charge in [-0.1, -0.05) is 13.3 Å². The fraction of sp³-hybridized carbons (Fsp3) is 1.00. The van der Waals surface area contributed by atoms with Crippen LogP contribution < -0.4 is 5.32 Å². The van der Waals surface area contributed by atoms with Crippen molar-refractivity contribution in [3.05, 3.63) is 0 Å². The van der Waals surface area contributed by atoms with Crippen molar-refractivity contribution in [2.24, 2.45) is 0 Å². The molecule has 1 N–H and O–H groups in total. The molecular formula is C12H28N2.